The minimum Gasteiger partial charge on any atom is -0.481 e. The normalized spacial score (nSPS) is 12.1. The summed E-state index contributed by atoms with van der Waals surface area (Å²) in [7, 11) is 1.65. The van der Waals surface area contributed by atoms with Crippen LogP contribution in [0.1, 0.15) is 24.0 Å². The Morgan fingerprint density at radius 2 is 1.95 bits per heavy atom. The number of aromatic nitrogens is 1. The van der Waals surface area contributed by atoms with E-state index in [1.165, 1.54) is 5.56 Å². The fourth-order valence-corrected chi connectivity index (χ4v) is 2.07. The fourth-order valence-electron chi connectivity index (χ4n) is 2.07. The molecule has 2 aromatic rings. The molecule has 1 aromatic heterocycles. The van der Waals surface area contributed by atoms with Crippen LogP contribution in [0, 0.1) is 0 Å². The van der Waals surface area contributed by atoms with Crippen molar-refractivity contribution in [3.8, 4) is 5.88 Å². The van der Waals surface area contributed by atoms with Crippen LogP contribution in [0.3, 0.4) is 0 Å². The Morgan fingerprint density at radius 3 is 2.68 bits per heavy atom. The molecule has 1 unspecified atom stereocenters. The zero-order valence-corrected chi connectivity index (χ0v) is 11.5. The van der Waals surface area contributed by atoms with Gasteiger partial charge in [0.05, 0.1) is 7.11 Å². The van der Waals surface area contributed by atoms with E-state index in [0.717, 1.165) is 18.7 Å². The van der Waals surface area contributed by atoms with E-state index in [4.69, 9.17) is 4.74 Å². The molecule has 2 rings (SSSR count). The van der Waals surface area contributed by atoms with Crippen molar-refractivity contribution in [1.82, 2.24) is 10.3 Å². The van der Waals surface area contributed by atoms with Crippen LogP contribution in [0.4, 0.5) is 0 Å². The van der Waals surface area contributed by atoms with Gasteiger partial charge in [0.25, 0.3) is 0 Å². The molecule has 3 nitrogen and oxygen atoms in total. The largest absolute Gasteiger partial charge is 0.481 e. The number of rotatable bonds is 6. The predicted octanol–water partition coefficient (Wildman–Crippen LogP) is 2.98. The molecule has 0 bridgehead atoms. The molecule has 19 heavy (non-hydrogen) atoms. The SMILES string of the molecule is COc1ncccc1CNCC(C)c1ccccc1. The first-order chi connectivity index (χ1) is 9.31. The summed E-state index contributed by atoms with van der Waals surface area (Å²) in [6.45, 7) is 3.93. The molecule has 0 radical (unpaired) electrons. The molecule has 0 amide bonds. The Morgan fingerprint density at radius 1 is 1.16 bits per heavy atom. The van der Waals surface area contributed by atoms with Crippen LogP contribution in [0.2, 0.25) is 0 Å². The van der Waals surface area contributed by atoms with E-state index in [-0.39, 0.29) is 0 Å². The third-order valence-electron chi connectivity index (χ3n) is 3.18. The average Bonchev–Trinajstić information content (AvgIpc) is 2.48. The molecule has 0 aliphatic carbocycles. The Bertz CT molecular complexity index is 499. The minimum absolute atomic E-state index is 0.490. The fraction of sp³-hybridized carbons (Fsp3) is 0.312. The van der Waals surface area contributed by atoms with Gasteiger partial charge in [0.1, 0.15) is 0 Å². The lowest BCUT2D eigenvalue weighted by Gasteiger charge is -2.13. The molecule has 0 spiro atoms. The summed E-state index contributed by atoms with van der Waals surface area (Å²) in [6, 6.07) is 14.5. The second-order valence-corrected chi connectivity index (χ2v) is 4.61. The van der Waals surface area contributed by atoms with E-state index in [2.05, 4.69) is 41.5 Å². The predicted molar refractivity (Wildman–Crippen MR) is 77.4 cm³/mol. The van der Waals surface area contributed by atoms with E-state index in [0.29, 0.717) is 11.8 Å². The molecule has 0 aliphatic rings. The van der Waals surface area contributed by atoms with Crippen LogP contribution in [0.5, 0.6) is 5.88 Å². The van der Waals surface area contributed by atoms with Crippen molar-refractivity contribution in [2.75, 3.05) is 13.7 Å². The van der Waals surface area contributed by atoms with Gasteiger partial charge in [0.15, 0.2) is 0 Å². The summed E-state index contributed by atoms with van der Waals surface area (Å²) in [5.74, 6) is 1.19. The monoisotopic (exact) mass is 256 g/mol. The van der Waals surface area contributed by atoms with Crippen LogP contribution >= 0.6 is 0 Å². The Labute approximate surface area is 114 Å². The van der Waals surface area contributed by atoms with Crippen molar-refractivity contribution in [2.45, 2.75) is 19.4 Å². The molecule has 0 saturated heterocycles. The summed E-state index contributed by atoms with van der Waals surface area (Å²) < 4.78 is 5.24. The van der Waals surface area contributed by atoms with Gasteiger partial charge in [-0.3, -0.25) is 0 Å². The van der Waals surface area contributed by atoms with Crippen molar-refractivity contribution >= 4 is 0 Å². The molecule has 0 saturated carbocycles. The van der Waals surface area contributed by atoms with Gasteiger partial charge < -0.3 is 10.1 Å². The van der Waals surface area contributed by atoms with E-state index < -0.39 is 0 Å². The first kappa shape index (κ1) is 13.6. The topological polar surface area (TPSA) is 34.1 Å². The van der Waals surface area contributed by atoms with Crippen molar-refractivity contribution in [3.05, 3.63) is 59.8 Å². The molecule has 0 fully saturated rings. The number of pyridine rings is 1. The van der Waals surface area contributed by atoms with Crippen molar-refractivity contribution < 1.29 is 4.74 Å². The number of nitrogens with zero attached hydrogens (tertiary/aromatic N) is 1. The second kappa shape index (κ2) is 6.90. The maximum atomic E-state index is 5.24. The van der Waals surface area contributed by atoms with Gasteiger partial charge in [-0.1, -0.05) is 43.3 Å². The number of ether oxygens (including phenoxy) is 1. The first-order valence-electron chi connectivity index (χ1n) is 6.55. The maximum absolute atomic E-state index is 5.24. The Hall–Kier alpha value is -1.87. The van der Waals surface area contributed by atoms with Gasteiger partial charge in [0.2, 0.25) is 5.88 Å². The van der Waals surface area contributed by atoms with E-state index in [1.54, 1.807) is 13.3 Å². The molecule has 100 valence electrons. The highest BCUT2D eigenvalue weighted by atomic mass is 16.5. The zero-order valence-electron chi connectivity index (χ0n) is 11.5. The smallest absolute Gasteiger partial charge is 0.217 e. The average molecular weight is 256 g/mol. The quantitative estimate of drug-likeness (QED) is 0.862. The highest BCUT2D eigenvalue weighted by Gasteiger charge is 2.06. The summed E-state index contributed by atoms with van der Waals surface area (Å²) in [5.41, 5.74) is 2.44. The molecule has 1 N–H and O–H groups in total. The number of hydrogen-bond donors (Lipinski definition) is 1. The summed E-state index contributed by atoms with van der Waals surface area (Å²) >= 11 is 0. The van der Waals surface area contributed by atoms with Gasteiger partial charge in [-0.05, 0) is 17.5 Å². The van der Waals surface area contributed by atoms with Crippen LogP contribution < -0.4 is 10.1 Å². The van der Waals surface area contributed by atoms with E-state index >= 15 is 0 Å². The van der Waals surface area contributed by atoms with E-state index in [9.17, 15) is 0 Å². The third kappa shape index (κ3) is 3.80. The number of hydrogen-bond acceptors (Lipinski definition) is 3. The summed E-state index contributed by atoms with van der Waals surface area (Å²) in [6.07, 6.45) is 1.74. The minimum atomic E-state index is 0.490. The van der Waals surface area contributed by atoms with Gasteiger partial charge in [-0.2, -0.15) is 0 Å². The molecular formula is C16H20N2O. The number of benzene rings is 1. The van der Waals surface area contributed by atoms with Crippen LogP contribution in [0.25, 0.3) is 0 Å². The molecule has 1 heterocycles. The first-order valence-corrected chi connectivity index (χ1v) is 6.55. The molecule has 0 aliphatic heterocycles. The Kier molecular flexibility index (Phi) is 4.93. The summed E-state index contributed by atoms with van der Waals surface area (Å²) in [4.78, 5) is 4.19. The zero-order chi connectivity index (χ0) is 13.5. The van der Waals surface area contributed by atoms with Crippen molar-refractivity contribution in [3.63, 3.8) is 0 Å². The summed E-state index contributed by atoms with van der Waals surface area (Å²) in [5, 5.41) is 3.45. The van der Waals surface area contributed by atoms with Crippen molar-refractivity contribution in [2.24, 2.45) is 0 Å². The van der Waals surface area contributed by atoms with E-state index in [1.807, 2.05) is 18.2 Å². The van der Waals surface area contributed by atoms with Gasteiger partial charge in [0, 0.05) is 24.8 Å². The lowest BCUT2D eigenvalue weighted by Crippen LogP contribution is -2.20. The van der Waals surface area contributed by atoms with Crippen LogP contribution in [0.15, 0.2) is 48.7 Å². The third-order valence-corrected chi connectivity index (χ3v) is 3.18. The van der Waals surface area contributed by atoms with Crippen LogP contribution in [-0.4, -0.2) is 18.6 Å². The molecule has 1 atom stereocenters. The highest BCUT2D eigenvalue weighted by molar-refractivity contribution is 5.25. The lowest BCUT2D eigenvalue weighted by atomic mass is 10.0. The van der Waals surface area contributed by atoms with Crippen molar-refractivity contribution in [1.29, 1.82) is 0 Å². The van der Waals surface area contributed by atoms with Crippen LogP contribution in [-0.2, 0) is 6.54 Å². The lowest BCUT2D eigenvalue weighted by molar-refractivity contribution is 0.390. The Balaban J connectivity index is 1.87. The maximum Gasteiger partial charge on any atom is 0.217 e. The molecular weight excluding hydrogens is 236 g/mol. The highest BCUT2D eigenvalue weighted by Crippen LogP contribution is 2.15. The van der Waals surface area contributed by atoms with Gasteiger partial charge in [-0.15, -0.1) is 0 Å². The van der Waals surface area contributed by atoms with Gasteiger partial charge in [-0.25, -0.2) is 4.98 Å². The second-order valence-electron chi connectivity index (χ2n) is 4.61. The number of methoxy groups -OCH3 is 1. The molecule has 1 aromatic carbocycles. The molecule has 3 heteroatoms. The standard InChI is InChI=1S/C16H20N2O/c1-13(14-7-4-3-5-8-14)11-17-12-15-9-6-10-18-16(15)19-2/h3-10,13,17H,11-12H2,1-2H3. The van der Waals surface area contributed by atoms with Gasteiger partial charge >= 0.3 is 0 Å². The number of nitrogens with one attached hydrogen (secondary N) is 1.